The van der Waals surface area contributed by atoms with Crippen LogP contribution in [0, 0.1) is 27.7 Å². The van der Waals surface area contributed by atoms with Crippen LogP contribution in [0.2, 0.25) is 0 Å². The molecule has 0 amide bonds. The Balaban J connectivity index is 1.96. The minimum Gasteiger partial charge on any atom is -0.487 e. The maximum absolute atomic E-state index is 12.9. The molecule has 1 aliphatic rings. The topological polar surface area (TPSA) is 52.6 Å². The molecule has 6 heteroatoms. The first-order valence-corrected chi connectivity index (χ1v) is 13.9. The van der Waals surface area contributed by atoms with Crippen LogP contribution >= 0.6 is 0 Å². The number of ether oxygens (including phenoxy) is 1. The number of hydrogen-bond acceptors (Lipinski definition) is 4. The van der Waals surface area contributed by atoms with Crippen LogP contribution in [0.3, 0.4) is 0 Å². The first kappa shape index (κ1) is 23.0. The molecule has 0 bridgehead atoms. The van der Waals surface area contributed by atoms with E-state index < -0.39 is 10.1 Å². The molecule has 0 fully saturated rings. The van der Waals surface area contributed by atoms with Crippen LogP contribution in [0.1, 0.15) is 47.6 Å². The van der Waals surface area contributed by atoms with E-state index in [1.165, 1.54) is 0 Å². The van der Waals surface area contributed by atoms with E-state index in [9.17, 15) is 8.42 Å². The van der Waals surface area contributed by atoms with Gasteiger partial charge in [-0.2, -0.15) is 8.42 Å². The summed E-state index contributed by atoms with van der Waals surface area (Å²) in [5, 5.41) is 0. The van der Waals surface area contributed by atoms with Crippen molar-refractivity contribution in [2.75, 3.05) is 18.3 Å². The van der Waals surface area contributed by atoms with E-state index in [0.717, 1.165) is 58.6 Å². The quantitative estimate of drug-likeness (QED) is 0.458. The molecule has 4 nitrogen and oxygen atoms in total. The van der Waals surface area contributed by atoms with Gasteiger partial charge in [-0.1, -0.05) is 17.7 Å². The van der Waals surface area contributed by atoms with Crippen LogP contribution in [0.25, 0.3) is 0 Å². The second-order valence-corrected chi connectivity index (χ2v) is 12.8. The Kier molecular flexibility index (Phi) is 6.49. The van der Waals surface area contributed by atoms with E-state index in [-0.39, 0.29) is 10.5 Å². The number of benzene rings is 2. The lowest BCUT2D eigenvalue weighted by Gasteiger charge is -2.37. The van der Waals surface area contributed by atoms with Crippen molar-refractivity contribution >= 4 is 21.0 Å². The molecular weight excluding hydrogens is 416 g/mol. The highest BCUT2D eigenvalue weighted by atomic mass is 32.2. The molecule has 1 atom stereocenters. The summed E-state index contributed by atoms with van der Waals surface area (Å²) in [4.78, 5) is 0.167. The second kappa shape index (κ2) is 8.46. The summed E-state index contributed by atoms with van der Waals surface area (Å²) in [7, 11) is -3.52. The van der Waals surface area contributed by atoms with Gasteiger partial charge in [-0.15, -0.1) is 0 Å². The maximum atomic E-state index is 12.9. The average Bonchev–Trinajstić information content (AvgIpc) is 2.68. The van der Waals surface area contributed by atoms with Crippen molar-refractivity contribution in [3.63, 3.8) is 0 Å². The summed E-state index contributed by atoms with van der Waals surface area (Å²) in [6.45, 7) is 9.96. The third kappa shape index (κ3) is 4.65. The molecule has 164 valence electrons. The van der Waals surface area contributed by atoms with E-state index in [1.54, 1.807) is 24.3 Å². The van der Waals surface area contributed by atoms with Crippen LogP contribution in [0.5, 0.6) is 11.5 Å². The third-order valence-electron chi connectivity index (χ3n) is 6.11. The number of aryl methyl sites for hydroxylation is 1. The summed E-state index contributed by atoms with van der Waals surface area (Å²) in [5.41, 5.74) is 4.53. The van der Waals surface area contributed by atoms with E-state index in [4.69, 9.17) is 8.92 Å². The molecule has 30 heavy (non-hydrogen) atoms. The molecule has 0 aromatic heterocycles. The smallest absolute Gasteiger partial charge is 0.339 e. The summed E-state index contributed by atoms with van der Waals surface area (Å²) >= 11 is 0. The maximum Gasteiger partial charge on any atom is 0.339 e. The van der Waals surface area contributed by atoms with Crippen LogP contribution < -0.4 is 8.92 Å². The van der Waals surface area contributed by atoms with Gasteiger partial charge in [0.2, 0.25) is 0 Å². The molecule has 0 radical (unpaired) electrons. The summed E-state index contributed by atoms with van der Waals surface area (Å²) in [5.74, 6) is 2.49. The number of hydrogen-bond donors (Lipinski definition) is 0. The molecule has 0 N–H and O–H groups in total. The lowest BCUT2D eigenvalue weighted by atomic mass is 9.86. The van der Waals surface area contributed by atoms with Crippen molar-refractivity contribution in [1.82, 2.24) is 0 Å². The predicted octanol–water partition coefficient (Wildman–Crippen LogP) is 5.04. The third-order valence-corrected chi connectivity index (χ3v) is 8.36. The molecule has 1 aliphatic heterocycles. The van der Waals surface area contributed by atoms with E-state index in [1.807, 2.05) is 27.7 Å². The molecule has 0 saturated carbocycles. The zero-order valence-corrected chi connectivity index (χ0v) is 20.7. The predicted molar refractivity (Wildman–Crippen MR) is 126 cm³/mol. The van der Waals surface area contributed by atoms with Gasteiger partial charge >= 0.3 is 10.1 Å². The fourth-order valence-corrected chi connectivity index (χ4v) is 5.74. The molecule has 0 saturated heterocycles. The molecular formula is C24H33O4S2+. The van der Waals surface area contributed by atoms with Crippen molar-refractivity contribution in [1.29, 1.82) is 0 Å². The standard InChI is InChI=1S/C24H33O4S2/c1-16-8-10-20(11-9-16)30(25,26)28-22-17(2)18(3)23-21(19(22)4)12-13-24(5,27-23)14-15-29(6)7/h8-11H,12-15H2,1-7H3/q+1. The fourth-order valence-electron chi connectivity index (χ4n) is 3.87. The van der Waals surface area contributed by atoms with Gasteiger partial charge in [0.1, 0.15) is 27.7 Å². The monoisotopic (exact) mass is 449 g/mol. The zero-order chi connectivity index (χ0) is 22.3. The average molecular weight is 450 g/mol. The molecule has 1 unspecified atom stereocenters. The zero-order valence-electron chi connectivity index (χ0n) is 19.1. The van der Waals surface area contributed by atoms with Crippen molar-refractivity contribution in [3.8, 4) is 11.5 Å². The van der Waals surface area contributed by atoms with Gasteiger partial charge < -0.3 is 8.92 Å². The minimum atomic E-state index is -3.90. The fraction of sp³-hybridized carbons (Fsp3) is 0.500. The Morgan fingerprint density at radius 1 is 1.03 bits per heavy atom. The molecule has 2 aromatic rings. The van der Waals surface area contributed by atoms with Gasteiger partial charge in [0, 0.05) is 12.0 Å². The highest BCUT2D eigenvalue weighted by molar-refractivity contribution is 7.95. The Bertz CT molecular complexity index is 1040. The molecule has 1 heterocycles. The lowest BCUT2D eigenvalue weighted by Crippen LogP contribution is -2.38. The number of fused-ring (bicyclic) bond motifs is 1. The van der Waals surface area contributed by atoms with E-state index in [2.05, 4.69) is 19.4 Å². The Morgan fingerprint density at radius 2 is 1.67 bits per heavy atom. The van der Waals surface area contributed by atoms with Crippen molar-refractivity contribution in [3.05, 3.63) is 52.1 Å². The van der Waals surface area contributed by atoms with E-state index >= 15 is 0 Å². The van der Waals surface area contributed by atoms with Crippen LogP contribution in [-0.4, -0.2) is 32.3 Å². The van der Waals surface area contributed by atoms with Gasteiger partial charge in [-0.25, -0.2) is 0 Å². The Morgan fingerprint density at radius 3 is 2.27 bits per heavy atom. The highest BCUT2D eigenvalue weighted by Gasteiger charge is 2.36. The molecule has 2 aromatic carbocycles. The van der Waals surface area contributed by atoms with Gasteiger partial charge in [0.05, 0.1) is 12.5 Å². The minimum absolute atomic E-state index is 0.167. The van der Waals surface area contributed by atoms with Crippen LogP contribution in [-0.2, 0) is 27.4 Å². The lowest BCUT2D eigenvalue weighted by molar-refractivity contribution is 0.0610. The summed E-state index contributed by atoms with van der Waals surface area (Å²) in [6.07, 6.45) is 7.33. The molecule has 3 rings (SSSR count). The Labute approximate surface area is 184 Å². The number of rotatable bonds is 6. The second-order valence-electron chi connectivity index (χ2n) is 8.85. The van der Waals surface area contributed by atoms with Gasteiger partial charge in [0.25, 0.3) is 0 Å². The van der Waals surface area contributed by atoms with Crippen LogP contribution in [0.4, 0.5) is 0 Å². The van der Waals surface area contributed by atoms with Crippen molar-refractivity contribution in [2.24, 2.45) is 0 Å². The SMILES string of the molecule is Cc1ccc(S(=O)(=O)Oc2c(C)c(C)c3c(c2C)CCC(C)(CC[S+](C)C)O3)cc1. The van der Waals surface area contributed by atoms with E-state index in [0.29, 0.717) is 16.6 Å². The highest BCUT2D eigenvalue weighted by Crippen LogP contribution is 2.45. The van der Waals surface area contributed by atoms with Gasteiger partial charge in [-0.3, -0.25) is 0 Å². The molecule has 0 aliphatic carbocycles. The van der Waals surface area contributed by atoms with Crippen molar-refractivity contribution < 1.29 is 17.3 Å². The van der Waals surface area contributed by atoms with Crippen LogP contribution in [0.15, 0.2) is 29.2 Å². The van der Waals surface area contributed by atoms with Crippen molar-refractivity contribution in [2.45, 2.75) is 64.4 Å². The van der Waals surface area contributed by atoms with Gasteiger partial charge in [0.15, 0.2) is 0 Å². The largest absolute Gasteiger partial charge is 0.487 e. The summed E-state index contributed by atoms with van der Waals surface area (Å²) in [6, 6.07) is 6.73. The van der Waals surface area contributed by atoms with Gasteiger partial charge in [-0.05, 0) is 87.2 Å². The first-order valence-electron chi connectivity index (χ1n) is 10.3. The Hall–Kier alpha value is -1.66. The molecule has 0 spiro atoms. The normalized spacial score (nSPS) is 18.8. The summed E-state index contributed by atoms with van der Waals surface area (Å²) < 4.78 is 38.0. The first-order chi connectivity index (χ1) is 13.9.